The van der Waals surface area contributed by atoms with E-state index in [4.69, 9.17) is 4.74 Å². The summed E-state index contributed by atoms with van der Waals surface area (Å²) in [6.07, 6.45) is 4.36. The van der Waals surface area contributed by atoms with Crippen LogP contribution in [0.2, 0.25) is 0 Å². The zero-order valence-corrected chi connectivity index (χ0v) is 11.1. The summed E-state index contributed by atoms with van der Waals surface area (Å²) in [4.78, 5) is 6.57. The third-order valence-corrected chi connectivity index (χ3v) is 3.43. The topological polar surface area (TPSA) is 25.4 Å². The first-order valence-electron chi connectivity index (χ1n) is 5.60. The summed E-state index contributed by atoms with van der Waals surface area (Å²) in [6.45, 7) is 5.08. The summed E-state index contributed by atoms with van der Waals surface area (Å²) in [5, 5.41) is 0.904. The Hall–Kier alpha value is -0.450. The predicted octanol–water partition coefficient (Wildman–Crippen LogP) is 2.07. The van der Waals surface area contributed by atoms with Crippen molar-refractivity contribution >= 4 is 15.9 Å². The fourth-order valence-corrected chi connectivity index (χ4v) is 2.46. The molecule has 0 bridgehead atoms. The number of ether oxygens (including phenoxy) is 1. The summed E-state index contributed by atoms with van der Waals surface area (Å²) in [5.74, 6) is 0. The largest absolute Gasteiger partial charge is 0.372 e. The molecule has 0 radical (unpaired) electrons. The Morgan fingerprint density at radius 1 is 1.56 bits per heavy atom. The highest BCUT2D eigenvalue weighted by molar-refractivity contribution is 9.09. The lowest BCUT2D eigenvalue weighted by atomic mass is 10.2. The average molecular weight is 285 g/mol. The Kier molecular flexibility index (Phi) is 4.32. The van der Waals surface area contributed by atoms with Crippen LogP contribution in [0.25, 0.3) is 0 Å². The van der Waals surface area contributed by atoms with E-state index in [9.17, 15) is 0 Å². The third kappa shape index (κ3) is 3.27. The summed E-state index contributed by atoms with van der Waals surface area (Å²) in [6, 6.07) is 4.11. The van der Waals surface area contributed by atoms with Crippen LogP contribution < -0.4 is 0 Å². The van der Waals surface area contributed by atoms with Gasteiger partial charge in [0.2, 0.25) is 0 Å². The number of hydrogen-bond donors (Lipinski definition) is 0. The molecule has 1 saturated heterocycles. The van der Waals surface area contributed by atoms with Crippen molar-refractivity contribution in [2.45, 2.75) is 25.7 Å². The monoisotopic (exact) mass is 284 g/mol. The fourth-order valence-electron chi connectivity index (χ4n) is 2.10. The molecule has 0 saturated carbocycles. The van der Waals surface area contributed by atoms with Gasteiger partial charge in [0, 0.05) is 37.4 Å². The molecular weight excluding hydrogens is 268 g/mol. The first-order valence-corrected chi connectivity index (χ1v) is 6.72. The van der Waals surface area contributed by atoms with E-state index >= 15 is 0 Å². The molecule has 2 rings (SSSR count). The number of rotatable bonds is 3. The lowest BCUT2D eigenvalue weighted by molar-refractivity contribution is -0.0678. The second-order valence-corrected chi connectivity index (χ2v) is 4.93. The molecule has 0 spiro atoms. The highest BCUT2D eigenvalue weighted by Gasteiger charge is 2.24. The van der Waals surface area contributed by atoms with E-state index in [2.05, 4.69) is 38.8 Å². The van der Waals surface area contributed by atoms with Gasteiger partial charge in [-0.2, -0.15) is 0 Å². The standard InChI is InChI=1S/C12H17BrN2O/c1-10-7-15(9-12(5-13)16-10)8-11-3-2-4-14-6-11/h2-4,6,10,12H,5,7-9H2,1H3. The number of hydrogen-bond acceptors (Lipinski definition) is 3. The van der Waals surface area contributed by atoms with Gasteiger partial charge in [-0.05, 0) is 18.6 Å². The molecule has 2 atom stereocenters. The molecule has 1 fully saturated rings. The second-order valence-electron chi connectivity index (χ2n) is 4.28. The molecule has 2 heterocycles. The summed E-state index contributed by atoms with van der Waals surface area (Å²) < 4.78 is 5.80. The van der Waals surface area contributed by atoms with Gasteiger partial charge in [0.05, 0.1) is 12.2 Å². The van der Waals surface area contributed by atoms with E-state index in [1.54, 1.807) is 0 Å². The van der Waals surface area contributed by atoms with E-state index in [1.165, 1.54) is 5.56 Å². The van der Waals surface area contributed by atoms with Crippen LogP contribution in [0.5, 0.6) is 0 Å². The van der Waals surface area contributed by atoms with Crippen LogP contribution in [0.4, 0.5) is 0 Å². The van der Waals surface area contributed by atoms with E-state index in [-0.39, 0.29) is 0 Å². The highest BCUT2D eigenvalue weighted by Crippen LogP contribution is 2.15. The highest BCUT2D eigenvalue weighted by atomic mass is 79.9. The molecule has 1 aromatic heterocycles. The van der Waals surface area contributed by atoms with Crippen molar-refractivity contribution in [1.29, 1.82) is 0 Å². The molecule has 16 heavy (non-hydrogen) atoms. The van der Waals surface area contributed by atoms with Crippen LogP contribution in [0.1, 0.15) is 12.5 Å². The van der Waals surface area contributed by atoms with Crippen molar-refractivity contribution in [1.82, 2.24) is 9.88 Å². The van der Waals surface area contributed by atoms with Crippen molar-refractivity contribution in [3.63, 3.8) is 0 Å². The Morgan fingerprint density at radius 3 is 3.12 bits per heavy atom. The van der Waals surface area contributed by atoms with Crippen LogP contribution in [-0.2, 0) is 11.3 Å². The van der Waals surface area contributed by atoms with Crippen LogP contribution >= 0.6 is 15.9 Å². The molecule has 1 aliphatic heterocycles. The molecule has 0 aromatic carbocycles. The molecule has 4 heteroatoms. The molecule has 0 N–H and O–H groups in total. The van der Waals surface area contributed by atoms with Gasteiger partial charge in [0.1, 0.15) is 0 Å². The SMILES string of the molecule is CC1CN(Cc2cccnc2)CC(CBr)O1. The van der Waals surface area contributed by atoms with Crippen LogP contribution in [0, 0.1) is 0 Å². The molecular formula is C12H17BrN2O. The summed E-state index contributed by atoms with van der Waals surface area (Å²) in [7, 11) is 0. The van der Waals surface area contributed by atoms with Crippen LogP contribution in [0.15, 0.2) is 24.5 Å². The van der Waals surface area contributed by atoms with E-state index in [0.717, 1.165) is 25.0 Å². The van der Waals surface area contributed by atoms with Crippen molar-refractivity contribution in [3.05, 3.63) is 30.1 Å². The third-order valence-electron chi connectivity index (χ3n) is 2.70. The Balaban J connectivity index is 1.94. The Morgan fingerprint density at radius 2 is 2.44 bits per heavy atom. The lowest BCUT2D eigenvalue weighted by Gasteiger charge is -2.36. The quantitative estimate of drug-likeness (QED) is 0.795. The number of halogens is 1. The number of nitrogens with zero attached hydrogens (tertiary/aromatic N) is 2. The van der Waals surface area contributed by atoms with Crippen LogP contribution in [-0.4, -0.2) is 40.5 Å². The van der Waals surface area contributed by atoms with E-state index < -0.39 is 0 Å². The normalized spacial score (nSPS) is 26.9. The zero-order valence-electron chi connectivity index (χ0n) is 9.47. The minimum Gasteiger partial charge on any atom is -0.372 e. The maximum Gasteiger partial charge on any atom is 0.0802 e. The predicted molar refractivity (Wildman–Crippen MR) is 67.6 cm³/mol. The molecule has 0 aliphatic carbocycles. The van der Waals surface area contributed by atoms with Gasteiger partial charge in [0.25, 0.3) is 0 Å². The van der Waals surface area contributed by atoms with Gasteiger partial charge in [-0.3, -0.25) is 9.88 Å². The van der Waals surface area contributed by atoms with Crippen molar-refractivity contribution in [2.24, 2.45) is 0 Å². The first-order chi connectivity index (χ1) is 7.78. The molecule has 1 aliphatic rings. The minimum absolute atomic E-state index is 0.306. The fraction of sp³-hybridized carbons (Fsp3) is 0.583. The van der Waals surface area contributed by atoms with Crippen molar-refractivity contribution < 1.29 is 4.74 Å². The number of aromatic nitrogens is 1. The molecule has 0 amide bonds. The summed E-state index contributed by atoms with van der Waals surface area (Å²) in [5.41, 5.74) is 1.27. The van der Waals surface area contributed by atoms with Gasteiger partial charge in [-0.1, -0.05) is 22.0 Å². The number of pyridine rings is 1. The van der Waals surface area contributed by atoms with Gasteiger partial charge in [0.15, 0.2) is 0 Å². The molecule has 88 valence electrons. The smallest absolute Gasteiger partial charge is 0.0802 e. The maximum absolute atomic E-state index is 5.80. The average Bonchev–Trinajstić information content (AvgIpc) is 2.29. The molecule has 1 aromatic rings. The van der Waals surface area contributed by atoms with E-state index in [1.807, 2.05) is 18.5 Å². The van der Waals surface area contributed by atoms with E-state index in [0.29, 0.717) is 12.2 Å². The van der Waals surface area contributed by atoms with Gasteiger partial charge in [-0.25, -0.2) is 0 Å². The van der Waals surface area contributed by atoms with Gasteiger partial charge in [-0.15, -0.1) is 0 Å². The van der Waals surface area contributed by atoms with Crippen LogP contribution in [0.3, 0.4) is 0 Å². The van der Waals surface area contributed by atoms with Gasteiger partial charge >= 0.3 is 0 Å². The Bertz CT molecular complexity index is 320. The minimum atomic E-state index is 0.306. The van der Waals surface area contributed by atoms with Gasteiger partial charge < -0.3 is 4.74 Å². The second kappa shape index (κ2) is 5.75. The Labute approximate surface area is 105 Å². The zero-order chi connectivity index (χ0) is 11.4. The van der Waals surface area contributed by atoms with Crippen molar-refractivity contribution in [3.8, 4) is 0 Å². The molecule has 3 nitrogen and oxygen atoms in total. The summed E-state index contributed by atoms with van der Waals surface area (Å²) >= 11 is 3.49. The lowest BCUT2D eigenvalue weighted by Crippen LogP contribution is -2.46. The number of alkyl halides is 1. The first kappa shape index (κ1) is 12.0. The van der Waals surface area contributed by atoms with Crippen molar-refractivity contribution in [2.75, 3.05) is 18.4 Å². The molecule has 2 unspecified atom stereocenters. The maximum atomic E-state index is 5.80. The number of morpholine rings is 1.